The first kappa shape index (κ1) is 8.25. The molecular weight excluding hydrogens is 238 g/mol. The SMILES string of the molecule is O=c1[nH]c2cccc(Br)c2c(=O)o1. The predicted molar refractivity (Wildman–Crippen MR) is 50.8 cm³/mol. The van der Waals surface area contributed by atoms with Crippen molar-refractivity contribution in [3.05, 3.63) is 43.6 Å². The van der Waals surface area contributed by atoms with Crippen LogP contribution in [0, 0.1) is 0 Å². The lowest BCUT2D eigenvalue weighted by Gasteiger charge is -1.95. The van der Waals surface area contributed by atoms with Crippen LogP contribution in [0.3, 0.4) is 0 Å². The Bertz CT molecular complexity index is 569. The van der Waals surface area contributed by atoms with Gasteiger partial charge in [0.25, 0.3) is 0 Å². The molecule has 1 N–H and O–H groups in total. The van der Waals surface area contributed by atoms with Crippen molar-refractivity contribution in [2.24, 2.45) is 0 Å². The van der Waals surface area contributed by atoms with Crippen LogP contribution in [-0.4, -0.2) is 4.98 Å². The summed E-state index contributed by atoms with van der Waals surface area (Å²) in [5, 5.41) is 0.349. The number of rotatable bonds is 0. The average Bonchev–Trinajstić information content (AvgIpc) is 2.02. The Balaban J connectivity index is 3.12. The molecule has 1 aromatic heterocycles. The summed E-state index contributed by atoms with van der Waals surface area (Å²) in [7, 11) is 0. The molecule has 0 fully saturated rings. The van der Waals surface area contributed by atoms with Crippen LogP contribution in [0.15, 0.2) is 36.7 Å². The molecule has 0 unspecified atom stereocenters. The number of aromatic amines is 1. The molecule has 4 nitrogen and oxygen atoms in total. The van der Waals surface area contributed by atoms with E-state index in [1.165, 1.54) is 0 Å². The van der Waals surface area contributed by atoms with Gasteiger partial charge in [-0.2, -0.15) is 0 Å². The quantitative estimate of drug-likeness (QED) is 0.755. The second-order valence-electron chi connectivity index (χ2n) is 2.46. The normalized spacial score (nSPS) is 10.5. The van der Waals surface area contributed by atoms with Gasteiger partial charge >= 0.3 is 11.4 Å². The van der Waals surface area contributed by atoms with Crippen LogP contribution in [0.25, 0.3) is 10.9 Å². The second kappa shape index (κ2) is 2.85. The van der Waals surface area contributed by atoms with Crippen molar-refractivity contribution in [3.8, 4) is 0 Å². The van der Waals surface area contributed by atoms with Gasteiger partial charge in [-0.1, -0.05) is 6.07 Å². The molecule has 0 aliphatic carbocycles. The first-order valence-corrected chi connectivity index (χ1v) is 4.29. The van der Waals surface area contributed by atoms with Gasteiger partial charge in [-0.25, -0.2) is 9.59 Å². The molecule has 0 atom stereocenters. The smallest absolute Gasteiger partial charge is 0.372 e. The molecule has 5 heteroatoms. The summed E-state index contributed by atoms with van der Waals surface area (Å²) in [6.07, 6.45) is 0. The summed E-state index contributed by atoms with van der Waals surface area (Å²) in [4.78, 5) is 24.4. The highest BCUT2D eigenvalue weighted by Crippen LogP contribution is 2.17. The number of fused-ring (bicyclic) bond motifs is 1. The number of aromatic nitrogens is 1. The fourth-order valence-electron chi connectivity index (χ4n) is 1.11. The van der Waals surface area contributed by atoms with E-state index in [2.05, 4.69) is 25.3 Å². The van der Waals surface area contributed by atoms with Gasteiger partial charge in [-0.15, -0.1) is 0 Å². The standard InChI is InChI=1S/C8H4BrNO3/c9-4-2-1-3-5-6(4)7(11)13-8(12)10-5/h1-3H,(H,10,12). The summed E-state index contributed by atoms with van der Waals surface area (Å²) in [5.41, 5.74) is -0.165. The fraction of sp³-hybridized carbons (Fsp3) is 0. The average molecular weight is 242 g/mol. The second-order valence-corrected chi connectivity index (χ2v) is 3.32. The molecule has 2 aromatic rings. The fourth-order valence-corrected chi connectivity index (χ4v) is 1.63. The number of hydrogen-bond acceptors (Lipinski definition) is 3. The lowest BCUT2D eigenvalue weighted by molar-refractivity contribution is 0.460. The van der Waals surface area contributed by atoms with Gasteiger partial charge in [-0.3, -0.25) is 4.98 Å². The Morgan fingerprint density at radius 3 is 2.85 bits per heavy atom. The molecule has 2 rings (SSSR count). The molecule has 0 aliphatic heterocycles. The van der Waals surface area contributed by atoms with E-state index in [4.69, 9.17) is 0 Å². The summed E-state index contributed by atoms with van der Waals surface area (Å²) in [5.74, 6) is -0.740. The first-order valence-electron chi connectivity index (χ1n) is 3.50. The maximum Gasteiger partial charge on any atom is 0.419 e. The minimum atomic E-state index is -0.740. The van der Waals surface area contributed by atoms with Gasteiger partial charge in [0.2, 0.25) is 0 Å². The van der Waals surface area contributed by atoms with Crippen molar-refractivity contribution in [1.29, 1.82) is 0 Å². The molecule has 13 heavy (non-hydrogen) atoms. The molecule has 0 saturated carbocycles. The predicted octanol–water partition coefficient (Wildman–Crippen LogP) is 1.24. The van der Waals surface area contributed by atoms with Crippen LogP contribution in [0.4, 0.5) is 0 Å². The van der Waals surface area contributed by atoms with Crippen molar-refractivity contribution in [2.45, 2.75) is 0 Å². The summed E-state index contributed by atoms with van der Waals surface area (Å²) in [6, 6.07) is 5.07. The van der Waals surface area contributed by atoms with Crippen molar-refractivity contribution in [1.82, 2.24) is 4.98 Å². The number of halogens is 1. The third kappa shape index (κ3) is 1.31. The lowest BCUT2D eigenvalue weighted by Crippen LogP contribution is -2.14. The minimum Gasteiger partial charge on any atom is -0.372 e. The third-order valence-corrected chi connectivity index (χ3v) is 2.30. The molecule has 66 valence electrons. The maximum atomic E-state index is 11.2. The molecule has 0 bridgehead atoms. The number of nitrogens with one attached hydrogen (secondary N) is 1. The molecule has 1 heterocycles. The Morgan fingerprint density at radius 2 is 2.08 bits per heavy atom. The Hall–Kier alpha value is -1.36. The van der Waals surface area contributed by atoms with E-state index in [1.807, 2.05) is 0 Å². The van der Waals surface area contributed by atoms with Gasteiger partial charge in [0.1, 0.15) is 0 Å². The van der Waals surface area contributed by atoms with Crippen LogP contribution < -0.4 is 11.4 Å². The van der Waals surface area contributed by atoms with Crippen molar-refractivity contribution in [3.63, 3.8) is 0 Å². The van der Waals surface area contributed by atoms with E-state index < -0.39 is 11.4 Å². The van der Waals surface area contributed by atoms with E-state index in [1.54, 1.807) is 18.2 Å². The highest BCUT2D eigenvalue weighted by atomic mass is 79.9. The van der Waals surface area contributed by atoms with E-state index in [9.17, 15) is 9.59 Å². The zero-order valence-electron chi connectivity index (χ0n) is 6.33. The topological polar surface area (TPSA) is 63.1 Å². The van der Waals surface area contributed by atoms with Crippen LogP contribution in [-0.2, 0) is 0 Å². The van der Waals surface area contributed by atoms with Crippen LogP contribution in [0.5, 0.6) is 0 Å². The molecule has 0 amide bonds. The highest BCUT2D eigenvalue weighted by Gasteiger charge is 2.04. The summed E-state index contributed by atoms with van der Waals surface area (Å²) >= 11 is 3.19. The Labute approximate surface area is 80.3 Å². The summed E-state index contributed by atoms with van der Waals surface area (Å²) < 4.78 is 4.98. The van der Waals surface area contributed by atoms with Gasteiger partial charge in [0.05, 0.1) is 10.9 Å². The minimum absolute atomic E-state index is 0.349. The number of benzene rings is 1. The zero-order valence-corrected chi connectivity index (χ0v) is 7.92. The molecular formula is C8H4BrNO3. The summed E-state index contributed by atoms with van der Waals surface area (Å²) in [6.45, 7) is 0. The number of hydrogen-bond donors (Lipinski definition) is 1. The van der Waals surface area contributed by atoms with Gasteiger partial charge in [-0.05, 0) is 28.1 Å². The monoisotopic (exact) mass is 241 g/mol. The van der Waals surface area contributed by atoms with Gasteiger partial charge in [0.15, 0.2) is 0 Å². The lowest BCUT2D eigenvalue weighted by atomic mass is 10.2. The van der Waals surface area contributed by atoms with Crippen molar-refractivity contribution >= 4 is 26.8 Å². The molecule has 0 spiro atoms. The van der Waals surface area contributed by atoms with E-state index >= 15 is 0 Å². The van der Waals surface area contributed by atoms with E-state index in [0.717, 1.165) is 0 Å². The van der Waals surface area contributed by atoms with E-state index in [-0.39, 0.29) is 0 Å². The highest BCUT2D eigenvalue weighted by molar-refractivity contribution is 9.10. The molecule has 0 aliphatic rings. The van der Waals surface area contributed by atoms with Crippen molar-refractivity contribution in [2.75, 3.05) is 0 Å². The largest absolute Gasteiger partial charge is 0.419 e. The molecule has 0 saturated heterocycles. The van der Waals surface area contributed by atoms with Crippen LogP contribution in [0.1, 0.15) is 0 Å². The van der Waals surface area contributed by atoms with Crippen molar-refractivity contribution < 1.29 is 4.42 Å². The van der Waals surface area contributed by atoms with E-state index in [0.29, 0.717) is 15.4 Å². The van der Waals surface area contributed by atoms with Gasteiger partial charge in [0, 0.05) is 4.47 Å². The Kier molecular flexibility index (Phi) is 1.81. The van der Waals surface area contributed by atoms with Crippen LogP contribution in [0.2, 0.25) is 0 Å². The number of H-pyrrole nitrogens is 1. The maximum absolute atomic E-state index is 11.2. The van der Waals surface area contributed by atoms with Crippen LogP contribution >= 0.6 is 15.9 Å². The molecule has 0 radical (unpaired) electrons. The van der Waals surface area contributed by atoms with Gasteiger partial charge < -0.3 is 4.42 Å². The molecule has 1 aromatic carbocycles. The zero-order chi connectivity index (χ0) is 9.42. The first-order chi connectivity index (χ1) is 6.18. The Morgan fingerprint density at radius 1 is 1.31 bits per heavy atom. The third-order valence-electron chi connectivity index (χ3n) is 1.64.